The fraction of sp³-hybridized carbons (Fsp3) is 1.00. The molecule has 2 rings (SSSR count). The smallest absolute Gasteiger partial charge is 0.146 e. The van der Waals surface area contributed by atoms with Gasteiger partial charge in [0, 0.05) is 20.3 Å². The Morgan fingerprint density at radius 3 is 2.06 bits per heavy atom. The van der Waals surface area contributed by atoms with Crippen LogP contribution < -0.4 is 0 Å². The molecule has 0 aromatic heterocycles. The van der Waals surface area contributed by atoms with Gasteiger partial charge in [-0.25, -0.2) is 0 Å². The molecule has 2 unspecified atom stereocenters. The molecular formula is C13H24O4. The maximum Gasteiger partial charge on any atom is 0.146 e. The largest absolute Gasteiger partial charge is 0.378 e. The van der Waals surface area contributed by atoms with E-state index < -0.39 is 0 Å². The maximum absolute atomic E-state index is 5.73. The van der Waals surface area contributed by atoms with Gasteiger partial charge in [0.1, 0.15) is 6.79 Å². The van der Waals surface area contributed by atoms with Crippen LogP contribution in [0.3, 0.4) is 0 Å². The first-order chi connectivity index (χ1) is 8.38. The van der Waals surface area contributed by atoms with Gasteiger partial charge in [-0.05, 0) is 38.5 Å². The molecule has 0 N–H and O–H groups in total. The van der Waals surface area contributed by atoms with Crippen molar-refractivity contribution in [1.82, 2.24) is 0 Å². The minimum absolute atomic E-state index is 0.209. The molecule has 4 heteroatoms. The quantitative estimate of drug-likeness (QED) is 0.643. The first kappa shape index (κ1) is 13.3. The van der Waals surface area contributed by atoms with Crippen molar-refractivity contribution in [3.05, 3.63) is 0 Å². The summed E-state index contributed by atoms with van der Waals surface area (Å²) in [5.41, 5.74) is 0. The summed E-state index contributed by atoms with van der Waals surface area (Å²) in [6.45, 7) is 2.17. The van der Waals surface area contributed by atoms with Crippen LogP contribution in [0, 0.1) is 0 Å². The highest BCUT2D eigenvalue weighted by atomic mass is 16.7. The number of methoxy groups -OCH3 is 1. The van der Waals surface area contributed by atoms with E-state index in [4.69, 9.17) is 18.9 Å². The maximum atomic E-state index is 5.73. The molecule has 2 atom stereocenters. The average molecular weight is 244 g/mol. The Kier molecular flexibility index (Phi) is 5.71. The van der Waals surface area contributed by atoms with Crippen LogP contribution in [0.2, 0.25) is 0 Å². The Balaban J connectivity index is 1.74. The van der Waals surface area contributed by atoms with Crippen LogP contribution in [-0.4, -0.2) is 45.4 Å². The zero-order chi connectivity index (χ0) is 11.9. The lowest BCUT2D eigenvalue weighted by Crippen LogP contribution is -2.26. The van der Waals surface area contributed by atoms with Crippen LogP contribution in [0.15, 0.2) is 0 Å². The third kappa shape index (κ3) is 4.54. The summed E-state index contributed by atoms with van der Waals surface area (Å²) in [6, 6.07) is 0. The number of hydrogen-bond acceptors (Lipinski definition) is 4. The molecule has 0 bridgehead atoms. The highest BCUT2D eigenvalue weighted by molar-refractivity contribution is 4.75. The molecule has 0 radical (unpaired) electrons. The van der Waals surface area contributed by atoms with E-state index in [2.05, 4.69) is 0 Å². The van der Waals surface area contributed by atoms with Crippen LogP contribution in [-0.2, 0) is 18.9 Å². The van der Waals surface area contributed by atoms with Crippen LogP contribution in [0.4, 0.5) is 0 Å². The van der Waals surface area contributed by atoms with E-state index in [0.717, 1.165) is 26.1 Å². The minimum atomic E-state index is 0.209. The lowest BCUT2D eigenvalue weighted by atomic mass is 10.0. The summed E-state index contributed by atoms with van der Waals surface area (Å²) in [4.78, 5) is 0. The standard InChI is InChI=1S/C13H24O4/c1-14-10-17-13(8-11-4-2-6-15-11)9-12-5-3-7-16-12/h11-13H,2-10H2,1H3. The summed E-state index contributed by atoms with van der Waals surface area (Å²) in [5, 5.41) is 0. The molecular weight excluding hydrogens is 220 g/mol. The van der Waals surface area contributed by atoms with E-state index >= 15 is 0 Å². The van der Waals surface area contributed by atoms with Crippen molar-refractivity contribution < 1.29 is 18.9 Å². The summed E-state index contributed by atoms with van der Waals surface area (Å²) < 4.78 is 22.1. The molecule has 0 aliphatic carbocycles. The first-order valence-electron chi connectivity index (χ1n) is 6.72. The van der Waals surface area contributed by atoms with Gasteiger partial charge in [0.05, 0.1) is 18.3 Å². The highest BCUT2D eigenvalue weighted by Gasteiger charge is 2.26. The highest BCUT2D eigenvalue weighted by Crippen LogP contribution is 2.24. The predicted octanol–water partition coefficient (Wildman–Crippen LogP) is 2.11. The van der Waals surface area contributed by atoms with Gasteiger partial charge in [-0.2, -0.15) is 0 Å². The Bertz CT molecular complexity index is 180. The third-order valence-corrected chi connectivity index (χ3v) is 3.52. The van der Waals surface area contributed by atoms with Gasteiger partial charge >= 0.3 is 0 Å². The van der Waals surface area contributed by atoms with E-state index in [1.807, 2.05) is 0 Å². The molecule has 0 spiro atoms. The monoisotopic (exact) mass is 244 g/mol. The van der Waals surface area contributed by atoms with Crippen LogP contribution >= 0.6 is 0 Å². The van der Waals surface area contributed by atoms with Gasteiger partial charge in [0.2, 0.25) is 0 Å². The summed E-state index contributed by atoms with van der Waals surface area (Å²) >= 11 is 0. The topological polar surface area (TPSA) is 36.9 Å². The van der Waals surface area contributed by atoms with Gasteiger partial charge < -0.3 is 18.9 Å². The molecule has 100 valence electrons. The summed E-state index contributed by atoms with van der Waals surface area (Å²) in [5.74, 6) is 0. The number of rotatable bonds is 7. The van der Waals surface area contributed by atoms with Crippen molar-refractivity contribution in [2.24, 2.45) is 0 Å². The summed E-state index contributed by atoms with van der Waals surface area (Å²) in [7, 11) is 1.66. The average Bonchev–Trinajstić information content (AvgIpc) is 2.99. The normalized spacial score (nSPS) is 30.9. The minimum Gasteiger partial charge on any atom is -0.378 e. The molecule has 2 heterocycles. The number of hydrogen-bond donors (Lipinski definition) is 0. The molecule has 2 aliphatic rings. The van der Waals surface area contributed by atoms with Crippen molar-refractivity contribution in [2.45, 2.75) is 56.8 Å². The number of ether oxygens (including phenoxy) is 4. The van der Waals surface area contributed by atoms with E-state index in [1.165, 1.54) is 25.7 Å². The molecule has 0 aromatic rings. The van der Waals surface area contributed by atoms with Crippen molar-refractivity contribution in [2.75, 3.05) is 27.1 Å². The zero-order valence-corrected chi connectivity index (χ0v) is 10.7. The first-order valence-corrected chi connectivity index (χ1v) is 6.72. The molecule has 0 amide bonds. The Labute approximate surface area is 104 Å². The van der Waals surface area contributed by atoms with Gasteiger partial charge in [-0.1, -0.05) is 0 Å². The van der Waals surface area contributed by atoms with Gasteiger partial charge in [-0.15, -0.1) is 0 Å². The molecule has 4 nitrogen and oxygen atoms in total. The van der Waals surface area contributed by atoms with Crippen molar-refractivity contribution in [3.8, 4) is 0 Å². The van der Waals surface area contributed by atoms with Crippen molar-refractivity contribution in [1.29, 1.82) is 0 Å². The SMILES string of the molecule is COCOC(CC1CCCO1)CC1CCCO1. The third-order valence-electron chi connectivity index (χ3n) is 3.52. The van der Waals surface area contributed by atoms with E-state index in [1.54, 1.807) is 7.11 Å². The lowest BCUT2D eigenvalue weighted by molar-refractivity contribution is -0.0990. The van der Waals surface area contributed by atoms with E-state index in [9.17, 15) is 0 Å². The van der Waals surface area contributed by atoms with Crippen molar-refractivity contribution in [3.63, 3.8) is 0 Å². The summed E-state index contributed by atoms with van der Waals surface area (Å²) in [6.07, 6.45) is 7.60. The molecule has 2 fully saturated rings. The van der Waals surface area contributed by atoms with Crippen molar-refractivity contribution >= 4 is 0 Å². The Hall–Kier alpha value is -0.160. The Morgan fingerprint density at radius 2 is 1.65 bits per heavy atom. The predicted molar refractivity (Wildman–Crippen MR) is 63.9 cm³/mol. The second-order valence-electron chi connectivity index (χ2n) is 4.94. The fourth-order valence-electron chi connectivity index (χ4n) is 2.64. The fourth-order valence-corrected chi connectivity index (χ4v) is 2.64. The second-order valence-corrected chi connectivity index (χ2v) is 4.94. The molecule has 0 aromatic carbocycles. The molecule has 0 saturated carbocycles. The lowest BCUT2D eigenvalue weighted by Gasteiger charge is -2.23. The molecule has 2 saturated heterocycles. The van der Waals surface area contributed by atoms with Gasteiger partial charge in [0.25, 0.3) is 0 Å². The van der Waals surface area contributed by atoms with Crippen LogP contribution in [0.5, 0.6) is 0 Å². The molecule has 2 aliphatic heterocycles. The van der Waals surface area contributed by atoms with E-state index in [0.29, 0.717) is 19.0 Å². The van der Waals surface area contributed by atoms with Crippen LogP contribution in [0.25, 0.3) is 0 Å². The van der Waals surface area contributed by atoms with E-state index in [-0.39, 0.29) is 6.10 Å². The van der Waals surface area contributed by atoms with Crippen LogP contribution in [0.1, 0.15) is 38.5 Å². The molecule has 17 heavy (non-hydrogen) atoms. The van der Waals surface area contributed by atoms with Gasteiger partial charge in [0.15, 0.2) is 0 Å². The Morgan fingerprint density at radius 1 is 1.06 bits per heavy atom. The second kappa shape index (κ2) is 7.31. The zero-order valence-electron chi connectivity index (χ0n) is 10.7. The van der Waals surface area contributed by atoms with Gasteiger partial charge in [-0.3, -0.25) is 0 Å².